The molecule has 0 radical (unpaired) electrons. The van der Waals surface area contributed by atoms with Crippen LogP contribution in [0.1, 0.15) is 59.8 Å². The van der Waals surface area contributed by atoms with Crippen LogP contribution in [0.4, 0.5) is 0 Å². The molecule has 3 fully saturated rings. The van der Waals surface area contributed by atoms with Gasteiger partial charge < -0.3 is 0 Å². The second-order valence-electron chi connectivity index (χ2n) is 9.31. The summed E-state index contributed by atoms with van der Waals surface area (Å²) in [5.74, 6) is 6.61. The molecule has 1 heteroatoms. The molecule has 3 saturated carbocycles. The van der Waals surface area contributed by atoms with Gasteiger partial charge in [0.05, 0.1) is 11.5 Å². The van der Waals surface area contributed by atoms with Crippen molar-refractivity contribution >= 4 is 0 Å². The molecule has 0 saturated heterocycles. The molecule has 9 atom stereocenters. The summed E-state index contributed by atoms with van der Waals surface area (Å²) in [6.07, 6.45) is 9.17. The zero-order chi connectivity index (χ0) is 15.6. The number of allylic oxidation sites excluding steroid dienone is 2. The molecule has 22 heavy (non-hydrogen) atoms. The third-order valence-electron chi connectivity index (χ3n) is 8.49. The predicted molar refractivity (Wildman–Crippen MR) is 89.8 cm³/mol. The third-order valence-corrected chi connectivity index (χ3v) is 8.49. The van der Waals surface area contributed by atoms with E-state index in [4.69, 9.17) is 0 Å². The highest BCUT2D eigenvalue weighted by molar-refractivity contribution is 5.20. The maximum atomic E-state index is 9.85. The van der Waals surface area contributed by atoms with E-state index in [-0.39, 0.29) is 5.41 Å². The standard InChI is InChI=1S/C21H31N/c1-12-9-15-10-13(2)16-7-8-21(4,11-22)18-6-5-17(14(12)3)19(15)20(16)18/h9,13-20H,5-8,10H2,1-4H3/t13-,14+,15+,16+,17+,18-,19+,20+,21+/m0/s1. The molecule has 0 heterocycles. The maximum Gasteiger partial charge on any atom is 0.0689 e. The van der Waals surface area contributed by atoms with Crippen LogP contribution in [0.2, 0.25) is 0 Å². The van der Waals surface area contributed by atoms with Gasteiger partial charge in [-0.2, -0.15) is 5.26 Å². The highest BCUT2D eigenvalue weighted by atomic mass is 14.6. The molecule has 0 aliphatic heterocycles. The molecule has 0 N–H and O–H groups in total. The first-order valence-corrected chi connectivity index (χ1v) is 9.56. The lowest BCUT2D eigenvalue weighted by Gasteiger charge is -2.62. The number of hydrogen-bond acceptors (Lipinski definition) is 1. The molecule has 4 aliphatic carbocycles. The van der Waals surface area contributed by atoms with Gasteiger partial charge in [-0.1, -0.05) is 25.5 Å². The van der Waals surface area contributed by atoms with Crippen molar-refractivity contribution < 1.29 is 0 Å². The van der Waals surface area contributed by atoms with Gasteiger partial charge in [-0.25, -0.2) is 0 Å². The van der Waals surface area contributed by atoms with E-state index in [2.05, 4.69) is 39.8 Å². The smallest absolute Gasteiger partial charge is 0.0689 e. The molecule has 0 aromatic rings. The molecular formula is C21H31N. The fourth-order valence-electron chi connectivity index (χ4n) is 7.24. The number of hydrogen-bond donors (Lipinski definition) is 0. The lowest BCUT2D eigenvalue weighted by Crippen LogP contribution is -2.56. The normalized spacial score (nSPS) is 56.6. The Morgan fingerprint density at radius 1 is 1.14 bits per heavy atom. The summed E-state index contributed by atoms with van der Waals surface area (Å²) in [6.45, 7) is 9.60. The second-order valence-corrected chi connectivity index (χ2v) is 9.31. The predicted octanol–water partition coefficient (Wildman–Crippen LogP) is 5.44. The molecule has 0 bridgehead atoms. The Balaban J connectivity index is 1.78. The molecule has 1 nitrogen and oxygen atoms in total. The molecule has 4 aliphatic rings. The third kappa shape index (κ3) is 1.82. The van der Waals surface area contributed by atoms with Gasteiger partial charge in [0.25, 0.3) is 0 Å². The van der Waals surface area contributed by atoms with E-state index in [0.717, 1.165) is 47.8 Å². The quantitative estimate of drug-likeness (QED) is 0.546. The Labute approximate surface area is 136 Å². The van der Waals surface area contributed by atoms with Crippen molar-refractivity contribution in [2.75, 3.05) is 0 Å². The van der Waals surface area contributed by atoms with Crippen molar-refractivity contribution in [1.82, 2.24) is 0 Å². The van der Waals surface area contributed by atoms with E-state index in [0.29, 0.717) is 5.92 Å². The summed E-state index contributed by atoms with van der Waals surface area (Å²) in [6, 6.07) is 2.75. The van der Waals surface area contributed by atoms with E-state index in [1.807, 2.05) is 0 Å². The Kier molecular flexibility index (Phi) is 3.27. The minimum atomic E-state index is -0.0484. The second kappa shape index (κ2) is 4.86. The first-order chi connectivity index (χ1) is 10.5. The van der Waals surface area contributed by atoms with Gasteiger partial charge in [0.1, 0.15) is 0 Å². The van der Waals surface area contributed by atoms with Crippen LogP contribution in [-0.4, -0.2) is 0 Å². The molecule has 0 aromatic carbocycles. The zero-order valence-corrected chi connectivity index (χ0v) is 14.7. The first-order valence-electron chi connectivity index (χ1n) is 9.56. The van der Waals surface area contributed by atoms with Gasteiger partial charge in [-0.3, -0.25) is 0 Å². The minimum Gasteiger partial charge on any atom is -0.198 e. The lowest BCUT2D eigenvalue weighted by atomic mass is 9.42. The van der Waals surface area contributed by atoms with E-state index < -0.39 is 0 Å². The van der Waals surface area contributed by atoms with Gasteiger partial charge in [-0.15, -0.1) is 0 Å². The summed E-state index contributed by atoms with van der Waals surface area (Å²) >= 11 is 0. The molecular weight excluding hydrogens is 266 g/mol. The molecule has 120 valence electrons. The zero-order valence-electron chi connectivity index (χ0n) is 14.7. The van der Waals surface area contributed by atoms with Crippen LogP contribution in [0.15, 0.2) is 11.6 Å². The highest BCUT2D eigenvalue weighted by Gasteiger charge is 2.59. The van der Waals surface area contributed by atoms with Crippen molar-refractivity contribution in [2.45, 2.75) is 59.8 Å². The van der Waals surface area contributed by atoms with Crippen molar-refractivity contribution in [3.8, 4) is 6.07 Å². The average molecular weight is 297 g/mol. The summed E-state index contributed by atoms with van der Waals surface area (Å²) in [5, 5.41) is 9.85. The van der Waals surface area contributed by atoms with Crippen LogP contribution in [0, 0.1) is 64.1 Å². The molecule has 0 amide bonds. The van der Waals surface area contributed by atoms with Crippen LogP contribution < -0.4 is 0 Å². The number of nitriles is 1. The molecule has 0 spiro atoms. The fourth-order valence-corrected chi connectivity index (χ4v) is 7.24. The first kappa shape index (κ1) is 14.8. The Hall–Kier alpha value is -0.770. The summed E-state index contributed by atoms with van der Waals surface area (Å²) in [7, 11) is 0. The van der Waals surface area contributed by atoms with Gasteiger partial charge >= 0.3 is 0 Å². The fraction of sp³-hybridized carbons (Fsp3) is 0.857. The SMILES string of the molecule is CC1=C[C@@H]2C[C@H](C)[C@H]3CC[C@](C)(C#N)[C@H]4CC[C@@H]([C@@H]2[C@H]34)[C@@H]1C. The minimum absolute atomic E-state index is 0.0484. The van der Waals surface area contributed by atoms with Gasteiger partial charge in [0.2, 0.25) is 0 Å². The molecule has 4 rings (SSSR count). The van der Waals surface area contributed by atoms with Crippen LogP contribution >= 0.6 is 0 Å². The van der Waals surface area contributed by atoms with Gasteiger partial charge in [0.15, 0.2) is 0 Å². The van der Waals surface area contributed by atoms with E-state index >= 15 is 0 Å². The van der Waals surface area contributed by atoms with Crippen molar-refractivity contribution in [1.29, 1.82) is 5.26 Å². The van der Waals surface area contributed by atoms with Crippen LogP contribution in [0.3, 0.4) is 0 Å². The average Bonchev–Trinajstić information content (AvgIpc) is 2.51. The van der Waals surface area contributed by atoms with Crippen LogP contribution in [0.25, 0.3) is 0 Å². The largest absolute Gasteiger partial charge is 0.198 e. The Bertz CT molecular complexity index is 541. The molecule has 0 unspecified atom stereocenters. The van der Waals surface area contributed by atoms with Crippen molar-refractivity contribution in [2.24, 2.45) is 52.8 Å². The molecule has 0 aromatic heterocycles. The Morgan fingerprint density at radius 2 is 1.91 bits per heavy atom. The highest BCUT2D eigenvalue weighted by Crippen LogP contribution is 2.65. The van der Waals surface area contributed by atoms with Crippen LogP contribution in [-0.2, 0) is 0 Å². The number of nitrogens with zero attached hydrogens (tertiary/aromatic N) is 1. The number of rotatable bonds is 0. The summed E-state index contributed by atoms with van der Waals surface area (Å²) < 4.78 is 0. The summed E-state index contributed by atoms with van der Waals surface area (Å²) in [5.41, 5.74) is 1.60. The summed E-state index contributed by atoms with van der Waals surface area (Å²) in [4.78, 5) is 0. The monoisotopic (exact) mass is 297 g/mol. The topological polar surface area (TPSA) is 23.8 Å². The van der Waals surface area contributed by atoms with Gasteiger partial charge in [0, 0.05) is 0 Å². The Morgan fingerprint density at radius 3 is 2.64 bits per heavy atom. The van der Waals surface area contributed by atoms with E-state index in [9.17, 15) is 5.26 Å². The van der Waals surface area contributed by atoms with Gasteiger partial charge in [-0.05, 0) is 93.3 Å². The lowest BCUT2D eigenvalue weighted by molar-refractivity contribution is -0.117. The van der Waals surface area contributed by atoms with E-state index in [1.165, 1.54) is 25.7 Å². The van der Waals surface area contributed by atoms with Crippen molar-refractivity contribution in [3.05, 3.63) is 11.6 Å². The van der Waals surface area contributed by atoms with Crippen LogP contribution in [0.5, 0.6) is 0 Å². The maximum absolute atomic E-state index is 9.85. The van der Waals surface area contributed by atoms with E-state index in [1.54, 1.807) is 5.57 Å². The van der Waals surface area contributed by atoms with Crippen molar-refractivity contribution in [3.63, 3.8) is 0 Å².